The fraction of sp³-hybridized carbons (Fsp3) is 0.250. The second-order valence-electron chi connectivity index (χ2n) is 6.03. The molecule has 0 amide bonds. The van der Waals surface area contributed by atoms with Crippen LogP contribution in [0.5, 0.6) is 0 Å². The van der Waals surface area contributed by atoms with Crippen molar-refractivity contribution < 1.29 is 4.42 Å². The Balaban J connectivity index is 1.82. The molecule has 0 saturated heterocycles. The summed E-state index contributed by atoms with van der Waals surface area (Å²) in [5.41, 5.74) is 4.28. The molecule has 0 aliphatic heterocycles. The molecule has 1 heterocycles. The minimum atomic E-state index is 0.427. The van der Waals surface area contributed by atoms with E-state index in [1.165, 1.54) is 11.1 Å². The van der Waals surface area contributed by atoms with Crippen LogP contribution in [0.25, 0.3) is 17.2 Å². The van der Waals surface area contributed by atoms with Gasteiger partial charge in [-0.15, -0.1) is 0 Å². The lowest BCUT2D eigenvalue weighted by atomic mass is 9.99. The monoisotopic (exact) mass is 291 g/mol. The summed E-state index contributed by atoms with van der Waals surface area (Å²) in [6.07, 6.45) is 12.9. The highest BCUT2D eigenvalue weighted by molar-refractivity contribution is 5.73. The van der Waals surface area contributed by atoms with E-state index in [-0.39, 0.29) is 0 Å². The number of nitrogens with zero attached hydrogens (tertiary/aromatic N) is 1. The van der Waals surface area contributed by atoms with Crippen LogP contribution in [0.3, 0.4) is 0 Å². The first-order valence-corrected chi connectivity index (χ1v) is 7.77. The number of allylic oxidation sites excluding steroid dienone is 7. The van der Waals surface area contributed by atoms with E-state index in [0.29, 0.717) is 17.7 Å². The summed E-state index contributed by atoms with van der Waals surface area (Å²) >= 11 is 0. The Morgan fingerprint density at radius 1 is 1.09 bits per heavy atom. The highest BCUT2D eigenvalue weighted by Gasteiger charge is 2.06. The van der Waals surface area contributed by atoms with Crippen LogP contribution >= 0.6 is 0 Å². The van der Waals surface area contributed by atoms with Crippen LogP contribution in [-0.2, 0) is 0 Å². The molecule has 2 aromatic rings. The summed E-state index contributed by atoms with van der Waals surface area (Å²) in [5, 5.41) is 0. The summed E-state index contributed by atoms with van der Waals surface area (Å²) < 4.78 is 5.71. The van der Waals surface area contributed by atoms with Gasteiger partial charge in [0.25, 0.3) is 0 Å². The van der Waals surface area contributed by atoms with Crippen molar-refractivity contribution in [2.75, 3.05) is 0 Å². The number of fused-ring (bicyclic) bond motifs is 1. The van der Waals surface area contributed by atoms with Gasteiger partial charge in [-0.05, 0) is 41.2 Å². The van der Waals surface area contributed by atoms with Gasteiger partial charge < -0.3 is 4.42 Å². The minimum Gasteiger partial charge on any atom is -0.437 e. The van der Waals surface area contributed by atoms with Gasteiger partial charge in [-0.2, -0.15) is 0 Å². The fourth-order valence-electron chi connectivity index (χ4n) is 2.58. The molecule has 0 saturated carbocycles. The van der Waals surface area contributed by atoms with E-state index in [0.717, 1.165) is 11.1 Å². The van der Waals surface area contributed by atoms with E-state index in [1.54, 1.807) is 0 Å². The van der Waals surface area contributed by atoms with Crippen LogP contribution in [0.15, 0.2) is 70.2 Å². The SMILES string of the molecule is CC1C=C(/C=C/c2nc3ccccc3o2)C=CC(C(C)C)=C1. The fourth-order valence-corrected chi connectivity index (χ4v) is 2.58. The molecule has 0 fully saturated rings. The molecule has 0 bridgehead atoms. The maximum absolute atomic E-state index is 5.71. The van der Waals surface area contributed by atoms with Gasteiger partial charge in [0.05, 0.1) is 0 Å². The van der Waals surface area contributed by atoms with Crippen LogP contribution in [0, 0.1) is 11.8 Å². The van der Waals surface area contributed by atoms with Crippen LogP contribution < -0.4 is 0 Å². The van der Waals surface area contributed by atoms with Crippen molar-refractivity contribution in [3.05, 3.63) is 71.7 Å². The van der Waals surface area contributed by atoms with Crippen molar-refractivity contribution in [2.24, 2.45) is 11.8 Å². The smallest absolute Gasteiger partial charge is 0.220 e. The Labute approximate surface area is 131 Å². The molecule has 3 rings (SSSR count). The normalized spacial score (nSPS) is 18.8. The van der Waals surface area contributed by atoms with Gasteiger partial charge in [0.2, 0.25) is 5.89 Å². The van der Waals surface area contributed by atoms with Crippen molar-refractivity contribution in [3.63, 3.8) is 0 Å². The van der Waals surface area contributed by atoms with Crippen molar-refractivity contribution in [1.29, 1.82) is 0 Å². The van der Waals surface area contributed by atoms with Gasteiger partial charge in [-0.1, -0.05) is 57.2 Å². The molecule has 2 heteroatoms. The maximum Gasteiger partial charge on any atom is 0.220 e. The molecular weight excluding hydrogens is 270 g/mol. The molecule has 0 N–H and O–H groups in total. The lowest BCUT2D eigenvalue weighted by molar-refractivity contribution is 0.589. The first-order chi connectivity index (χ1) is 10.6. The third-order valence-electron chi connectivity index (χ3n) is 3.77. The summed E-state index contributed by atoms with van der Waals surface area (Å²) in [6.45, 7) is 6.66. The highest BCUT2D eigenvalue weighted by Crippen LogP contribution is 2.22. The van der Waals surface area contributed by atoms with Gasteiger partial charge in [0, 0.05) is 6.08 Å². The van der Waals surface area contributed by atoms with E-state index in [2.05, 4.69) is 56.1 Å². The quantitative estimate of drug-likeness (QED) is 0.740. The number of para-hydroxylation sites is 2. The molecule has 22 heavy (non-hydrogen) atoms. The van der Waals surface area contributed by atoms with Gasteiger partial charge in [-0.25, -0.2) is 4.98 Å². The Bertz CT molecular complexity index is 754. The lowest BCUT2D eigenvalue weighted by Crippen LogP contribution is -1.92. The number of hydrogen-bond acceptors (Lipinski definition) is 2. The summed E-state index contributed by atoms with van der Waals surface area (Å²) in [5.74, 6) is 1.62. The van der Waals surface area contributed by atoms with Crippen molar-refractivity contribution >= 4 is 17.2 Å². The predicted molar refractivity (Wildman–Crippen MR) is 92.4 cm³/mol. The third-order valence-corrected chi connectivity index (χ3v) is 3.77. The van der Waals surface area contributed by atoms with Crippen molar-refractivity contribution in [1.82, 2.24) is 4.98 Å². The van der Waals surface area contributed by atoms with E-state index in [4.69, 9.17) is 4.42 Å². The second-order valence-corrected chi connectivity index (χ2v) is 6.03. The lowest BCUT2D eigenvalue weighted by Gasteiger charge is -2.06. The van der Waals surface area contributed by atoms with Gasteiger partial charge >= 0.3 is 0 Å². The van der Waals surface area contributed by atoms with E-state index in [1.807, 2.05) is 30.3 Å². The van der Waals surface area contributed by atoms with Crippen molar-refractivity contribution in [3.8, 4) is 0 Å². The van der Waals surface area contributed by atoms with E-state index < -0.39 is 0 Å². The zero-order valence-electron chi connectivity index (χ0n) is 13.3. The minimum absolute atomic E-state index is 0.427. The third kappa shape index (κ3) is 3.28. The molecule has 0 radical (unpaired) electrons. The Hall–Kier alpha value is -2.35. The molecule has 1 aliphatic carbocycles. The first kappa shape index (κ1) is 14.6. The molecule has 1 atom stereocenters. The predicted octanol–water partition coefficient (Wildman–Crippen LogP) is 5.56. The number of aromatic nitrogens is 1. The standard InChI is InChI=1S/C20H21NO/c1-14(2)17-10-8-16(12-15(3)13-17)9-11-20-21-18-6-4-5-7-19(18)22-20/h4-15H,1-3H3/b11-9+. The topological polar surface area (TPSA) is 26.0 Å². The molecule has 1 unspecified atom stereocenters. The van der Waals surface area contributed by atoms with Gasteiger partial charge in [-0.3, -0.25) is 0 Å². The number of rotatable bonds is 3. The molecule has 1 aromatic carbocycles. The number of hydrogen-bond donors (Lipinski definition) is 0. The van der Waals surface area contributed by atoms with Crippen LogP contribution in [0.2, 0.25) is 0 Å². The zero-order chi connectivity index (χ0) is 15.5. The maximum atomic E-state index is 5.71. The molecule has 112 valence electrons. The average Bonchev–Trinajstić information content (AvgIpc) is 2.81. The zero-order valence-corrected chi connectivity index (χ0v) is 13.3. The van der Waals surface area contributed by atoms with Crippen LogP contribution in [0.1, 0.15) is 26.7 Å². The second kappa shape index (κ2) is 6.18. The van der Waals surface area contributed by atoms with E-state index in [9.17, 15) is 0 Å². The highest BCUT2D eigenvalue weighted by atomic mass is 16.3. The number of benzene rings is 1. The Kier molecular flexibility index (Phi) is 4.10. The molecule has 2 nitrogen and oxygen atoms in total. The number of oxazole rings is 1. The molecule has 1 aliphatic rings. The first-order valence-electron chi connectivity index (χ1n) is 7.77. The summed E-state index contributed by atoms with van der Waals surface area (Å²) in [6, 6.07) is 7.82. The average molecular weight is 291 g/mol. The molecule has 1 aromatic heterocycles. The van der Waals surface area contributed by atoms with Gasteiger partial charge in [0.1, 0.15) is 5.52 Å². The molecular formula is C20H21NO. The largest absolute Gasteiger partial charge is 0.437 e. The Morgan fingerprint density at radius 2 is 1.91 bits per heavy atom. The van der Waals surface area contributed by atoms with Crippen LogP contribution in [-0.4, -0.2) is 4.98 Å². The van der Waals surface area contributed by atoms with Crippen molar-refractivity contribution in [2.45, 2.75) is 20.8 Å². The summed E-state index contributed by atoms with van der Waals surface area (Å²) in [7, 11) is 0. The van der Waals surface area contributed by atoms with Gasteiger partial charge in [0.15, 0.2) is 5.58 Å². The Morgan fingerprint density at radius 3 is 2.68 bits per heavy atom. The summed E-state index contributed by atoms with van der Waals surface area (Å²) in [4.78, 5) is 4.46. The van der Waals surface area contributed by atoms with E-state index >= 15 is 0 Å². The molecule has 0 spiro atoms. The van der Waals surface area contributed by atoms with Crippen LogP contribution in [0.4, 0.5) is 0 Å².